The molecule has 1 heterocycles. The number of rotatable bonds is 3. The third-order valence-corrected chi connectivity index (χ3v) is 1.08. The first-order chi connectivity index (χ1) is 4.86. The minimum atomic E-state index is -0.0763. The summed E-state index contributed by atoms with van der Waals surface area (Å²) in [5.41, 5.74) is 0. The Morgan fingerprint density at radius 2 is 2.40 bits per heavy atom. The van der Waals surface area contributed by atoms with Gasteiger partial charge in [-0.15, -0.1) is 0 Å². The van der Waals surface area contributed by atoms with Crippen LogP contribution in [0.5, 0.6) is 5.95 Å². The summed E-state index contributed by atoms with van der Waals surface area (Å²) >= 11 is 0. The largest absolute Gasteiger partial charge is 0.465 e. The van der Waals surface area contributed by atoms with Gasteiger partial charge < -0.3 is 14.3 Å². The highest BCUT2D eigenvalue weighted by atomic mass is 16.6. The van der Waals surface area contributed by atoms with E-state index in [1.54, 1.807) is 12.1 Å². The second-order valence-corrected chi connectivity index (χ2v) is 1.81. The van der Waals surface area contributed by atoms with Gasteiger partial charge in [0, 0.05) is 6.07 Å². The Bertz CT molecular complexity index is 192. The molecule has 0 saturated carbocycles. The predicted octanol–water partition coefficient (Wildman–Crippen LogP) is 1.17. The van der Waals surface area contributed by atoms with Gasteiger partial charge in [0.1, 0.15) is 12.4 Å². The molecule has 0 aliphatic rings. The van der Waals surface area contributed by atoms with Crippen LogP contribution in [0.1, 0.15) is 12.7 Å². The van der Waals surface area contributed by atoms with Crippen LogP contribution in [0.4, 0.5) is 0 Å². The maximum absolute atomic E-state index is 8.57. The van der Waals surface area contributed by atoms with Crippen LogP contribution >= 0.6 is 0 Å². The van der Waals surface area contributed by atoms with Gasteiger partial charge in [-0.3, -0.25) is 0 Å². The summed E-state index contributed by atoms with van der Waals surface area (Å²) in [6.07, 6.45) is 0. The van der Waals surface area contributed by atoms with Gasteiger partial charge >= 0.3 is 0 Å². The Balaban J connectivity index is 2.59. The maximum Gasteiger partial charge on any atom is 0.284 e. The molecule has 0 bridgehead atoms. The molecular formula is C7H10O3. The molecule has 56 valence electrons. The van der Waals surface area contributed by atoms with E-state index in [0.29, 0.717) is 18.3 Å². The van der Waals surface area contributed by atoms with Gasteiger partial charge in [-0.1, -0.05) is 0 Å². The van der Waals surface area contributed by atoms with E-state index in [1.165, 1.54) is 0 Å². The number of ether oxygens (including phenoxy) is 1. The zero-order valence-corrected chi connectivity index (χ0v) is 5.83. The average Bonchev–Trinajstić information content (AvgIpc) is 2.37. The van der Waals surface area contributed by atoms with Crippen molar-refractivity contribution in [3.63, 3.8) is 0 Å². The smallest absolute Gasteiger partial charge is 0.284 e. The van der Waals surface area contributed by atoms with Crippen molar-refractivity contribution < 1.29 is 14.3 Å². The van der Waals surface area contributed by atoms with Crippen molar-refractivity contribution in [1.29, 1.82) is 0 Å². The van der Waals surface area contributed by atoms with Crippen molar-refractivity contribution in [2.24, 2.45) is 0 Å². The first kappa shape index (κ1) is 7.15. The van der Waals surface area contributed by atoms with Crippen molar-refractivity contribution in [3.8, 4) is 5.95 Å². The Morgan fingerprint density at radius 1 is 1.60 bits per heavy atom. The highest BCUT2D eigenvalue weighted by Gasteiger charge is 1.98. The quantitative estimate of drug-likeness (QED) is 0.688. The topological polar surface area (TPSA) is 42.6 Å². The Kier molecular flexibility index (Phi) is 2.34. The van der Waals surface area contributed by atoms with Gasteiger partial charge in [-0.05, 0) is 13.0 Å². The molecule has 0 aliphatic carbocycles. The van der Waals surface area contributed by atoms with Crippen LogP contribution in [-0.4, -0.2) is 11.7 Å². The van der Waals surface area contributed by atoms with Crippen LogP contribution in [0.2, 0.25) is 0 Å². The molecule has 0 amide bonds. The molecule has 1 rings (SSSR count). The van der Waals surface area contributed by atoms with E-state index in [2.05, 4.69) is 0 Å². The first-order valence-electron chi connectivity index (χ1n) is 3.19. The van der Waals surface area contributed by atoms with Gasteiger partial charge in [-0.25, -0.2) is 0 Å². The lowest BCUT2D eigenvalue weighted by Gasteiger charge is -1.94. The van der Waals surface area contributed by atoms with Crippen LogP contribution < -0.4 is 4.74 Å². The number of hydrogen-bond donors (Lipinski definition) is 1. The van der Waals surface area contributed by atoms with Crippen molar-refractivity contribution in [2.45, 2.75) is 13.5 Å². The minimum Gasteiger partial charge on any atom is -0.465 e. The fourth-order valence-corrected chi connectivity index (χ4v) is 0.663. The highest BCUT2D eigenvalue weighted by molar-refractivity contribution is 5.10. The number of hydrogen-bond acceptors (Lipinski definition) is 3. The third kappa shape index (κ3) is 1.51. The van der Waals surface area contributed by atoms with E-state index < -0.39 is 0 Å². The van der Waals surface area contributed by atoms with Gasteiger partial charge in [0.2, 0.25) is 0 Å². The molecule has 0 radical (unpaired) electrons. The Labute approximate surface area is 59.2 Å². The summed E-state index contributed by atoms with van der Waals surface area (Å²) in [6, 6.07) is 3.38. The molecule has 0 fully saturated rings. The minimum absolute atomic E-state index is 0.0763. The standard InChI is InChI=1S/C7H10O3/c1-2-9-7-4-3-6(5-8)10-7/h3-4,8H,2,5H2,1H3. The SMILES string of the molecule is CCOc1ccc(CO)o1. The number of furan rings is 1. The van der Waals surface area contributed by atoms with E-state index in [4.69, 9.17) is 14.3 Å². The molecule has 0 spiro atoms. The lowest BCUT2D eigenvalue weighted by molar-refractivity contribution is 0.210. The van der Waals surface area contributed by atoms with Gasteiger partial charge in [0.25, 0.3) is 5.95 Å². The summed E-state index contributed by atoms with van der Waals surface area (Å²) in [5.74, 6) is 0.995. The second-order valence-electron chi connectivity index (χ2n) is 1.81. The molecule has 3 heteroatoms. The molecule has 0 aliphatic heterocycles. The molecule has 0 saturated heterocycles. The third-order valence-electron chi connectivity index (χ3n) is 1.08. The molecule has 0 unspecified atom stereocenters. The monoisotopic (exact) mass is 142 g/mol. The average molecular weight is 142 g/mol. The summed E-state index contributed by atoms with van der Waals surface area (Å²) in [5, 5.41) is 8.57. The second kappa shape index (κ2) is 3.27. The van der Waals surface area contributed by atoms with Crippen LogP contribution in [0, 0.1) is 0 Å². The van der Waals surface area contributed by atoms with Gasteiger partial charge in [0.05, 0.1) is 6.61 Å². The number of aliphatic hydroxyl groups excluding tert-OH is 1. The maximum atomic E-state index is 8.57. The molecule has 3 nitrogen and oxygen atoms in total. The van der Waals surface area contributed by atoms with Crippen molar-refractivity contribution >= 4 is 0 Å². The molecule has 1 aromatic rings. The van der Waals surface area contributed by atoms with Crippen LogP contribution in [-0.2, 0) is 6.61 Å². The molecule has 1 N–H and O–H groups in total. The number of aliphatic hydroxyl groups is 1. The van der Waals surface area contributed by atoms with Crippen molar-refractivity contribution in [3.05, 3.63) is 17.9 Å². The van der Waals surface area contributed by atoms with Crippen LogP contribution in [0.15, 0.2) is 16.5 Å². The summed E-state index contributed by atoms with van der Waals surface area (Å²) in [7, 11) is 0. The van der Waals surface area contributed by atoms with Gasteiger partial charge in [0.15, 0.2) is 0 Å². The van der Waals surface area contributed by atoms with E-state index in [9.17, 15) is 0 Å². The van der Waals surface area contributed by atoms with Crippen molar-refractivity contribution in [2.75, 3.05) is 6.61 Å². The lowest BCUT2D eigenvalue weighted by Crippen LogP contribution is -1.88. The first-order valence-corrected chi connectivity index (χ1v) is 3.19. The fourth-order valence-electron chi connectivity index (χ4n) is 0.663. The summed E-state index contributed by atoms with van der Waals surface area (Å²) in [6.45, 7) is 2.38. The lowest BCUT2D eigenvalue weighted by atomic mass is 10.5. The molecule has 0 aromatic carbocycles. The van der Waals surface area contributed by atoms with Crippen molar-refractivity contribution in [1.82, 2.24) is 0 Å². The van der Waals surface area contributed by atoms with E-state index in [1.807, 2.05) is 6.92 Å². The normalized spacial score (nSPS) is 9.80. The highest BCUT2D eigenvalue weighted by Crippen LogP contribution is 2.15. The predicted molar refractivity (Wildman–Crippen MR) is 35.8 cm³/mol. The van der Waals surface area contributed by atoms with E-state index in [0.717, 1.165) is 0 Å². The summed E-state index contributed by atoms with van der Waals surface area (Å²) < 4.78 is 10.0. The van der Waals surface area contributed by atoms with Crippen LogP contribution in [0.3, 0.4) is 0 Å². The zero-order valence-electron chi connectivity index (χ0n) is 5.83. The van der Waals surface area contributed by atoms with E-state index >= 15 is 0 Å². The molecule has 10 heavy (non-hydrogen) atoms. The molecule has 1 aromatic heterocycles. The Morgan fingerprint density at radius 3 is 2.90 bits per heavy atom. The zero-order chi connectivity index (χ0) is 7.40. The Hall–Kier alpha value is -0.960. The molecular weight excluding hydrogens is 132 g/mol. The molecule has 0 atom stereocenters. The van der Waals surface area contributed by atoms with Crippen LogP contribution in [0.25, 0.3) is 0 Å². The van der Waals surface area contributed by atoms with Gasteiger partial charge in [-0.2, -0.15) is 0 Å². The summed E-state index contributed by atoms with van der Waals surface area (Å²) in [4.78, 5) is 0. The van der Waals surface area contributed by atoms with E-state index in [-0.39, 0.29) is 6.61 Å². The fraction of sp³-hybridized carbons (Fsp3) is 0.429.